The second kappa shape index (κ2) is 8.84. The van der Waals surface area contributed by atoms with Crippen LogP contribution in [0.4, 0.5) is 4.79 Å². The number of aryl methyl sites for hydroxylation is 1. The highest BCUT2D eigenvalue weighted by atomic mass is 32.1. The highest BCUT2D eigenvalue weighted by molar-refractivity contribution is 7.10. The lowest BCUT2D eigenvalue weighted by Crippen LogP contribution is -2.43. The summed E-state index contributed by atoms with van der Waals surface area (Å²) in [5.41, 5.74) is 11.4. The number of hydrogen-bond acceptors (Lipinski definition) is 4. The fourth-order valence-electron chi connectivity index (χ4n) is 2.21. The van der Waals surface area contributed by atoms with Crippen LogP contribution >= 0.6 is 11.3 Å². The van der Waals surface area contributed by atoms with Crippen molar-refractivity contribution in [1.82, 2.24) is 16.2 Å². The summed E-state index contributed by atoms with van der Waals surface area (Å²) in [7, 11) is 0. The number of amides is 4. The first-order valence-corrected chi connectivity index (χ1v) is 8.65. The maximum absolute atomic E-state index is 12.1. The summed E-state index contributed by atoms with van der Waals surface area (Å²) in [5.74, 6) is -0.850. The maximum atomic E-state index is 12.1. The summed E-state index contributed by atoms with van der Waals surface area (Å²) in [6.45, 7) is 2.03. The predicted molar refractivity (Wildman–Crippen MR) is 95.8 cm³/mol. The molecule has 7 nitrogen and oxygen atoms in total. The standard InChI is InChI=1S/C17H20N4O3S/c1-2-11-5-7-12(8-6-11)16(23)21-20-15(22)10-13(19-17(18)24)14-4-3-9-25-14/h3-9,13H,2,10H2,1H3,(H,20,22)(H,21,23)(H3,18,19,24). The number of carbonyl (C=O) groups excluding carboxylic acids is 3. The lowest BCUT2D eigenvalue weighted by atomic mass is 10.1. The lowest BCUT2D eigenvalue weighted by molar-refractivity contribution is -0.122. The molecule has 0 spiro atoms. The SMILES string of the molecule is CCc1ccc(C(=O)NNC(=O)CC(NC(N)=O)c2cccs2)cc1. The molecule has 1 heterocycles. The molecule has 25 heavy (non-hydrogen) atoms. The van der Waals surface area contributed by atoms with Crippen LogP contribution in [0.25, 0.3) is 0 Å². The van der Waals surface area contributed by atoms with Crippen LogP contribution in [0.15, 0.2) is 41.8 Å². The number of rotatable bonds is 6. The molecule has 0 aliphatic heterocycles. The second-order valence-corrected chi connectivity index (χ2v) is 6.31. The minimum absolute atomic E-state index is 0.0431. The number of primary amides is 1. The molecule has 1 atom stereocenters. The van der Waals surface area contributed by atoms with Gasteiger partial charge in [0.15, 0.2) is 0 Å². The molecule has 0 aliphatic rings. The highest BCUT2D eigenvalue weighted by Gasteiger charge is 2.18. The maximum Gasteiger partial charge on any atom is 0.312 e. The number of urea groups is 1. The first-order valence-electron chi connectivity index (χ1n) is 7.77. The van der Waals surface area contributed by atoms with Gasteiger partial charge in [-0.3, -0.25) is 20.4 Å². The number of benzene rings is 1. The Balaban J connectivity index is 1.89. The monoisotopic (exact) mass is 360 g/mol. The largest absolute Gasteiger partial charge is 0.352 e. The van der Waals surface area contributed by atoms with Crippen molar-refractivity contribution in [2.45, 2.75) is 25.8 Å². The van der Waals surface area contributed by atoms with Crippen LogP contribution in [0.3, 0.4) is 0 Å². The van der Waals surface area contributed by atoms with Crippen molar-refractivity contribution in [3.8, 4) is 0 Å². The Labute approximate surface area is 149 Å². The van der Waals surface area contributed by atoms with E-state index in [-0.39, 0.29) is 6.42 Å². The van der Waals surface area contributed by atoms with E-state index in [4.69, 9.17) is 5.73 Å². The van der Waals surface area contributed by atoms with Crippen LogP contribution in [0.5, 0.6) is 0 Å². The van der Waals surface area contributed by atoms with Gasteiger partial charge in [0.1, 0.15) is 0 Å². The van der Waals surface area contributed by atoms with Crippen molar-refractivity contribution in [3.05, 3.63) is 57.8 Å². The van der Waals surface area contributed by atoms with E-state index in [1.807, 2.05) is 30.5 Å². The van der Waals surface area contributed by atoms with Gasteiger partial charge >= 0.3 is 6.03 Å². The van der Waals surface area contributed by atoms with Gasteiger partial charge in [0, 0.05) is 10.4 Å². The molecular formula is C17H20N4O3S. The van der Waals surface area contributed by atoms with Crippen molar-refractivity contribution >= 4 is 29.2 Å². The van der Waals surface area contributed by atoms with Gasteiger partial charge in [0.2, 0.25) is 5.91 Å². The van der Waals surface area contributed by atoms with Gasteiger partial charge in [-0.2, -0.15) is 0 Å². The molecule has 0 saturated heterocycles. The zero-order valence-electron chi connectivity index (χ0n) is 13.7. The molecule has 0 bridgehead atoms. The van der Waals surface area contributed by atoms with E-state index in [1.54, 1.807) is 18.2 Å². The van der Waals surface area contributed by atoms with E-state index in [2.05, 4.69) is 16.2 Å². The van der Waals surface area contributed by atoms with Gasteiger partial charge in [-0.25, -0.2) is 4.79 Å². The molecule has 0 fully saturated rings. The third-order valence-electron chi connectivity index (χ3n) is 3.53. The Hall–Kier alpha value is -2.87. The normalized spacial score (nSPS) is 11.4. The number of carbonyl (C=O) groups is 3. The molecule has 0 saturated carbocycles. The van der Waals surface area contributed by atoms with Crippen LogP contribution in [-0.2, 0) is 11.2 Å². The zero-order chi connectivity index (χ0) is 18.2. The number of nitrogens with one attached hydrogen (secondary N) is 3. The van der Waals surface area contributed by atoms with Crippen LogP contribution in [0, 0.1) is 0 Å². The van der Waals surface area contributed by atoms with Gasteiger partial charge in [-0.1, -0.05) is 25.1 Å². The number of hydrogen-bond donors (Lipinski definition) is 4. The Bertz CT molecular complexity index is 729. The topological polar surface area (TPSA) is 113 Å². The third kappa shape index (κ3) is 5.61. The molecule has 5 N–H and O–H groups in total. The van der Waals surface area contributed by atoms with Gasteiger partial charge in [0.25, 0.3) is 5.91 Å². The fourth-order valence-corrected chi connectivity index (χ4v) is 2.99. The van der Waals surface area contributed by atoms with Gasteiger partial charge in [0.05, 0.1) is 12.5 Å². The van der Waals surface area contributed by atoms with Crippen molar-refractivity contribution in [2.75, 3.05) is 0 Å². The Kier molecular flexibility index (Phi) is 6.53. The average Bonchev–Trinajstić information content (AvgIpc) is 3.13. The minimum Gasteiger partial charge on any atom is -0.352 e. The molecule has 4 amide bonds. The summed E-state index contributed by atoms with van der Waals surface area (Å²) in [5, 5.41) is 4.36. The number of thiophene rings is 1. The zero-order valence-corrected chi connectivity index (χ0v) is 14.6. The summed E-state index contributed by atoms with van der Waals surface area (Å²) < 4.78 is 0. The van der Waals surface area contributed by atoms with Crippen molar-refractivity contribution < 1.29 is 14.4 Å². The molecule has 1 unspecified atom stereocenters. The van der Waals surface area contributed by atoms with E-state index in [0.717, 1.165) is 16.9 Å². The Morgan fingerprint density at radius 2 is 1.84 bits per heavy atom. The summed E-state index contributed by atoms with van der Waals surface area (Å²) in [6.07, 6.45) is 0.841. The van der Waals surface area contributed by atoms with Crippen LogP contribution in [-0.4, -0.2) is 17.8 Å². The number of nitrogens with two attached hydrogens (primary N) is 1. The Morgan fingerprint density at radius 1 is 1.12 bits per heavy atom. The average molecular weight is 360 g/mol. The van der Waals surface area contributed by atoms with E-state index < -0.39 is 23.9 Å². The van der Waals surface area contributed by atoms with Crippen LogP contribution < -0.4 is 21.9 Å². The second-order valence-electron chi connectivity index (χ2n) is 5.33. The number of hydrazine groups is 1. The van der Waals surface area contributed by atoms with Crippen LogP contribution in [0.2, 0.25) is 0 Å². The van der Waals surface area contributed by atoms with E-state index in [9.17, 15) is 14.4 Å². The van der Waals surface area contributed by atoms with Crippen molar-refractivity contribution in [2.24, 2.45) is 5.73 Å². The molecular weight excluding hydrogens is 340 g/mol. The molecule has 8 heteroatoms. The van der Waals surface area contributed by atoms with E-state index in [0.29, 0.717) is 5.56 Å². The van der Waals surface area contributed by atoms with E-state index in [1.165, 1.54) is 11.3 Å². The first-order chi connectivity index (χ1) is 12.0. The summed E-state index contributed by atoms with van der Waals surface area (Å²) >= 11 is 1.40. The third-order valence-corrected chi connectivity index (χ3v) is 4.52. The molecule has 2 aromatic rings. The summed E-state index contributed by atoms with van der Waals surface area (Å²) in [4.78, 5) is 36.0. The molecule has 2 rings (SSSR count). The highest BCUT2D eigenvalue weighted by Crippen LogP contribution is 2.21. The molecule has 1 aromatic carbocycles. The van der Waals surface area contributed by atoms with Gasteiger partial charge < -0.3 is 11.1 Å². The molecule has 132 valence electrons. The lowest BCUT2D eigenvalue weighted by Gasteiger charge is -2.16. The molecule has 0 aliphatic carbocycles. The molecule has 1 aromatic heterocycles. The smallest absolute Gasteiger partial charge is 0.312 e. The summed E-state index contributed by atoms with van der Waals surface area (Å²) in [6, 6.07) is 9.47. The quantitative estimate of drug-likeness (QED) is 0.590. The van der Waals surface area contributed by atoms with Gasteiger partial charge in [-0.05, 0) is 35.6 Å². The van der Waals surface area contributed by atoms with E-state index >= 15 is 0 Å². The predicted octanol–water partition coefficient (Wildman–Crippen LogP) is 1.87. The first kappa shape index (κ1) is 18.5. The van der Waals surface area contributed by atoms with Crippen LogP contribution in [0.1, 0.15) is 40.2 Å². The van der Waals surface area contributed by atoms with Crippen molar-refractivity contribution in [1.29, 1.82) is 0 Å². The Morgan fingerprint density at radius 3 is 2.40 bits per heavy atom. The fraction of sp³-hybridized carbons (Fsp3) is 0.235. The van der Waals surface area contributed by atoms with Gasteiger partial charge in [-0.15, -0.1) is 11.3 Å². The van der Waals surface area contributed by atoms with Crippen molar-refractivity contribution in [3.63, 3.8) is 0 Å². The molecule has 0 radical (unpaired) electrons. The minimum atomic E-state index is -0.716.